The molecule has 34 heavy (non-hydrogen) atoms. The van der Waals surface area contributed by atoms with Crippen LogP contribution < -0.4 is 0 Å². The van der Waals surface area contributed by atoms with Crippen LogP contribution in [0.1, 0.15) is 11.1 Å². The van der Waals surface area contributed by atoms with Crippen molar-refractivity contribution in [1.29, 1.82) is 0 Å². The number of rotatable bonds is 7. The van der Waals surface area contributed by atoms with Gasteiger partial charge in [0.2, 0.25) is 0 Å². The molecule has 0 fully saturated rings. The second kappa shape index (κ2) is 9.49. The normalized spacial score (nSPS) is 11.4. The molecule has 0 bridgehead atoms. The second-order valence-electron chi connectivity index (χ2n) is 8.41. The van der Waals surface area contributed by atoms with Crippen molar-refractivity contribution in [3.8, 4) is 0 Å². The van der Waals surface area contributed by atoms with E-state index in [1.54, 1.807) is 0 Å². The Morgan fingerprint density at radius 2 is 0.824 bits per heavy atom. The van der Waals surface area contributed by atoms with Crippen molar-refractivity contribution < 1.29 is 0 Å². The molecule has 4 heteroatoms. The second-order valence-corrected chi connectivity index (χ2v) is 10.6. The maximum absolute atomic E-state index is 2.37. The molecule has 6 rings (SSSR count). The van der Waals surface area contributed by atoms with Gasteiger partial charge >= 0.3 is 0 Å². The first-order chi connectivity index (χ1) is 16.8. The maximum Gasteiger partial charge on any atom is 0.0495 e. The topological polar surface area (TPSA) is 9.86 Å². The fourth-order valence-corrected chi connectivity index (χ4v) is 6.85. The summed E-state index contributed by atoms with van der Waals surface area (Å²) in [4.78, 5) is 2.60. The van der Waals surface area contributed by atoms with E-state index in [1.807, 2.05) is 21.6 Å². The molecule has 0 unspecified atom stereocenters. The average molecular weight is 477 g/mol. The Balaban J connectivity index is 1.30. The van der Waals surface area contributed by atoms with E-state index in [1.165, 1.54) is 42.7 Å². The highest BCUT2D eigenvalue weighted by atomic mass is 33.1. The van der Waals surface area contributed by atoms with Crippen molar-refractivity contribution >= 4 is 43.4 Å². The van der Waals surface area contributed by atoms with Crippen LogP contribution >= 0.6 is 21.6 Å². The van der Waals surface area contributed by atoms with Crippen LogP contribution in [0.25, 0.3) is 21.8 Å². The number of hydrogen-bond acceptors (Lipinski definition) is 2. The van der Waals surface area contributed by atoms with Crippen molar-refractivity contribution in [2.45, 2.75) is 22.9 Å². The molecule has 0 saturated heterocycles. The van der Waals surface area contributed by atoms with E-state index < -0.39 is 0 Å². The van der Waals surface area contributed by atoms with Gasteiger partial charge in [-0.05, 0) is 23.3 Å². The Kier molecular flexibility index (Phi) is 5.92. The molecule has 0 aliphatic heterocycles. The van der Waals surface area contributed by atoms with Gasteiger partial charge in [-0.25, -0.2) is 0 Å². The summed E-state index contributed by atoms with van der Waals surface area (Å²) in [6.45, 7) is 1.76. The summed E-state index contributed by atoms with van der Waals surface area (Å²) < 4.78 is 4.73. The number of nitrogens with zero attached hydrogens (tertiary/aromatic N) is 2. The average Bonchev–Trinajstić information content (AvgIpc) is 3.42. The zero-order valence-electron chi connectivity index (χ0n) is 18.7. The molecule has 4 aromatic carbocycles. The lowest BCUT2D eigenvalue weighted by atomic mass is 10.2. The summed E-state index contributed by atoms with van der Waals surface area (Å²) in [6, 6.07) is 38.8. The quantitative estimate of drug-likeness (QED) is 0.214. The van der Waals surface area contributed by atoms with Gasteiger partial charge in [-0.1, -0.05) is 119 Å². The van der Waals surface area contributed by atoms with Crippen LogP contribution in [0.15, 0.2) is 131 Å². The molecule has 0 saturated carbocycles. The molecule has 2 aromatic heterocycles. The van der Waals surface area contributed by atoms with E-state index >= 15 is 0 Å². The number of fused-ring (bicyclic) bond motifs is 2. The molecule has 6 aromatic rings. The fraction of sp³-hybridized carbons (Fsp3) is 0.0667. The number of aromatic nitrogens is 2. The van der Waals surface area contributed by atoms with E-state index in [-0.39, 0.29) is 0 Å². The van der Waals surface area contributed by atoms with Crippen LogP contribution in [0, 0.1) is 0 Å². The smallest absolute Gasteiger partial charge is 0.0495 e. The summed E-state index contributed by atoms with van der Waals surface area (Å²) in [7, 11) is 3.70. The summed E-state index contributed by atoms with van der Waals surface area (Å²) in [6.07, 6.45) is 4.61. The molecule has 0 aliphatic carbocycles. The van der Waals surface area contributed by atoms with Gasteiger partial charge in [0.15, 0.2) is 0 Å². The van der Waals surface area contributed by atoms with Crippen molar-refractivity contribution in [1.82, 2.24) is 9.13 Å². The highest BCUT2D eigenvalue weighted by molar-refractivity contribution is 8.76. The SMILES string of the molecule is c1ccc(Cn2cc(SSc3cn(Cc4ccccc4)c4ccccc34)c3ccccc32)cc1. The Hall–Kier alpha value is -3.34. The van der Waals surface area contributed by atoms with Crippen LogP contribution in [-0.4, -0.2) is 9.13 Å². The molecule has 166 valence electrons. The summed E-state index contributed by atoms with van der Waals surface area (Å²) in [5.74, 6) is 0. The van der Waals surface area contributed by atoms with Crippen LogP contribution in [0.3, 0.4) is 0 Å². The van der Waals surface area contributed by atoms with E-state index in [9.17, 15) is 0 Å². The first-order valence-electron chi connectivity index (χ1n) is 11.4. The summed E-state index contributed by atoms with van der Waals surface area (Å²) in [5, 5.41) is 2.62. The Morgan fingerprint density at radius 3 is 1.26 bits per heavy atom. The van der Waals surface area contributed by atoms with E-state index in [2.05, 4.69) is 131 Å². The van der Waals surface area contributed by atoms with Crippen LogP contribution in [0.4, 0.5) is 0 Å². The van der Waals surface area contributed by atoms with Gasteiger partial charge < -0.3 is 9.13 Å². The minimum atomic E-state index is 0.878. The van der Waals surface area contributed by atoms with Gasteiger partial charge in [-0.2, -0.15) is 0 Å². The van der Waals surface area contributed by atoms with Gasteiger partial charge in [-0.15, -0.1) is 0 Å². The zero-order chi connectivity index (χ0) is 22.7. The summed E-state index contributed by atoms with van der Waals surface area (Å²) in [5.41, 5.74) is 5.19. The fourth-order valence-electron chi connectivity index (χ4n) is 4.47. The van der Waals surface area contributed by atoms with Crippen molar-refractivity contribution in [3.05, 3.63) is 133 Å². The molecule has 0 atom stereocenters. The molecular weight excluding hydrogens is 452 g/mol. The molecule has 0 amide bonds. The third-order valence-electron chi connectivity index (χ3n) is 6.12. The molecule has 0 radical (unpaired) electrons. The lowest BCUT2D eigenvalue weighted by Gasteiger charge is -2.05. The standard InChI is InChI=1S/C30H24N2S2/c1-3-11-23(12-4-1)19-31-21-29(25-15-7-9-17-27(25)31)33-34-30-22-32(20-24-13-5-2-6-14-24)28-18-10-8-16-26(28)30/h1-18,21-22H,19-20H2. The predicted octanol–water partition coefficient (Wildman–Crippen LogP) is 8.49. The molecule has 0 spiro atoms. The van der Waals surface area contributed by atoms with Gasteiger partial charge in [0.05, 0.1) is 0 Å². The van der Waals surface area contributed by atoms with E-state index in [4.69, 9.17) is 0 Å². The highest BCUT2D eigenvalue weighted by Gasteiger charge is 2.13. The highest BCUT2D eigenvalue weighted by Crippen LogP contribution is 2.44. The van der Waals surface area contributed by atoms with Gasteiger partial charge in [-0.3, -0.25) is 0 Å². The minimum Gasteiger partial charge on any atom is -0.342 e. The third kappa shape index (κ3) is 4.27. The largest absolute Gasteiger partial charge is 0.342 e. The molecule has 2 heterocycles. The van der Waals surface area contributed by atoms with Gasteiger partial charge in [0, 0.05) is 57.1 Å². The molecular formula is C30H24N2S2. The third-order valence-corrected chi connectivity index (χ3v) is 8.54. The predicted molar refractivity (Wildman–Crippen MR) is 147 cm³/mol. The zero-order valence-corrected chi connectivity index (χ0v) is 20.3. The molecule has 0 aliphatic rings. The van der Waals surface area contributed by atoms with Crippen LogP contribution in [0.2, 0.25) is 0 Å². The molecule has 2 nitrogen and oxygen atoms in total. The Bertz CT molecular complexity index is 1430. The number of benzene rings is 4. The van der Waals surface area contributed by atoms with Crippen molar-refractivity contribution in [2.24, 2.45) is 0 Å². The van der Waals surface area contributed by atoms with Gasteiger partial charge in [0.1, 0.15) is 0 Å². The first-order valence-corrected chi connectivity index (χ1v) is 13.6. The summed E-state index contributed by atoms with van der Waals surface area (Å²) >= 11 is 0. The Labute approximate surface area is 207 Å². The molecule has 0 N–H and O–H groups in total. The van der Waals surface area contributed by atoms with E-state index in [0.717, 1.165) is 13.1 Å². The Morgan fingerprint density at radius 1 is 0.441 bits per heavy atom. The monoisotopic (exact) mass is 476 g/mol. The lowest BCUT2D eigenvalue weighted by Crippen LogP contribution is -1.97. The maximum atomic E-state index is 2.37. The van der Waals surface area contributed by atoms with Crippen molar-refractivity contribution in [2.75, 3.05) is 0 Å². The van der Waals surface area contributed by atoms with Gasteiger partial charge in [0.25, 0.3) is 0 Å². The number of hydrogen-bond donors (Lipinski definition) is 0. The van der Waals surface area contributed by atoms with Crippen LogP contribution in [-0.2, 0) is 13.1 Å². The van der Waals surface area contributed by atoms with Crippen molar-refractivity contribution in [3.63, 3.8) is 0 Å². The minimum absolute atomic E-state index is 0.878. The lowest BCUT2D eigenvalue weighted by molar-refractivity contribution is 0.830. The van der Waals surface area contributed by atoms with E-state index in [0.29, 0.717) is 0 Å². The van der Waals surface area contributed by atoms with Crippen LogP contribution in [0.5, 0.6) is 0 Å². The first kappa shape index (κ1) is 21.2. The number of para-hydroxylation sites is 2.